The fraction of sp³-hybridized carbons (Fsp3) is 0.500. The van der Waals surface area contributed by atoms with Gasteiger partial charge >= 0.3 is 0 Å². The van der Waals surface area contributed by atoms with Crippen LogP contribution in [0.25, 0.3) is 21.9 Å². The van der Waals surface area contributed by atoms with E-state index in [1.54, 1.807) is 0 Å². The van der Waals surface area contributed by atoms with Crippen molar-refractivity contribution >= 4 is 21.9 Å². The topological polar surface area (TPSA) is 50.9 Å². The van der Waals surface area contributed by atoms with Gasteiger partial charge in [-0.1, -0.05) is 52.3 Å². The van der Waals surface area contributed by atoms with E-state index in [2.05, 4.69) is 29.5 Å². The van der Waals surface area contributed by atoms with Crippen LogP contribution in [0.2, 0.25) is 0 Å². The summed E-state index contributed by atoms with van der Waals surface area (Å²) in [7, 11) is 0. The molecule has 2 heterocycles. The average Bonchev–Trinajstić information content (AvgIpc) is 2.99. The molecule has 0 bridgehead atoms. The number of aryl methyl sites for hydroxylation is 1. The molecule has 3 aromatic rings. The van der Waals surface area contributed by atoms with Crippen LogP contribution in [-0.2, 0) is 13.0 Å². The summed E-state index contributed by atoms with van der Waals surface area (Å²) in [5.41, 5.74) is 3.10. The van der Waals surface area contributed by atoms with Gasteiger partial charge in [0.05, 0.1) is 17.2 Å². The molecule has 0 radical (unpaired) electrons. The molecule has 0 aliphatic carbocycles. The van der Waals surface area contributed by atoms with Gasteiger partial charge in [0.1, 0.15) is 11.3 Å². The van der Waals surface area contributed by atoms with Crippen LogP contribution in [0.3, 0.4) is 0 Å². The van der Waals surface area contributed by atoms with Crippen LogP contribution in [-0.4, -0.2) is 26.2 Å². The van der Waals surface area contributed by atoms with Crippen LogP contribution in [0.5, 0.6) is 0 Å². The molecule has 0 aliphatic heterocycles. The molecule has 1 N–H and O–H groups in total. The normalized spacial score (nSPS) is 12.2. The number of hydrogen-bond acceptors (Lipinski definition) is 3. The van der Waals surface area contributed by atoms with Crippen LogP contribution >= 0.6 is 0 Å². The Kier molecular flexibility index (Phi) is 6.73. The van der Waals surface area contributed by atoms with E-state index < -0.39 is 0 Å². The number of imidazole rings is 1. The lowest BCUT2D eigenvalue weighted by atomic mass is 10.1. The Hall–Kier alpha value is -1.94. The van der Waals surface area contributed by atoms with Gasteiger partial charge in [0, 0.05) is 25.0 Å². The zero-order valence-corrected chi connectivity index (χ0v) is 15.3. The zero-order chi connectivity index (χ0) is 17.5. The summed E-state index contributed by atoms with van der Waals surface area (Å²) in [6.45, 7) is 9.25. The number of unbranched alkanes of at least 4 members (excludes halogenated alkanes) is 1. The third-order valence-electron chi connectivity index (χ3n) is 4.12. The molecule has 0 aliphatic rings. The van der Waals surface area contributed by atoms with Crippen molar-refractivity contribution in [2.75, 3.05) is 6.61 Å². The lowest BCUT2D eigenvalue weighted by molar-refractivity contribution is 0.223. The number of aromatic nitrogens is 3. The van der Waals surface area contributed by atoms with Crippen LogP contribution in [0.4, 0.5) is 0 Å². The molecule has 0 amide bonds. The largest absolute Gasteiger partial charge is 0.396 e. The van der Waals surface area contributed by atoms with Gasteiger partial charge in [-0.05, 0) is 18.4 Å². The van der Waals surface area contributed by atoms with Gasteiger partial charge in [0.25, 0.3) is 0 Å². The Labute approximate surface area is 144 Å². The van der Waals surface area contributed by atoms with E-state index >= 15 is 0 Å². The van der Waals surface area contributed by atoms with Crippen molar-refractivity contribution in [3.8, 4) is 0 Å². The fourth-order valence-corrected chi connectivity index (χ4v) is 2.90. The number of benzene rings is 1. The maximum absolute atomic E-state index is 9.44. The van der Waals surface area contributed by atoms with E-state index in [9.17, 15) is 5.11 Å². The van der Waals surface area contributed by atoms with Crippen molar-refractivity contribution < 1.29 is 5.11 Å². The molecule has 1 atom stereocenters. The molecule has 130 valence electrons. The maximum atomic E-state index is 9.44. The van der Waals surface area contributed by atoms with E-state index in [-0.39, 0.29) is 12.5 Å². The highest BCUT2D eigenvalue weighted by molar-refractivity contribution is 6.02. The first-order valence-corrected chi connectivity index (χ1v) is 9.08. The molecule has 0 spiro atoms. The van der Waals surface area contributed by atoms with Crippen molar-refractivity contribution in [2.24, 2.45) is 5.92 Å². The van der Waals surface area contributed by atoms with Crippen molar-refractivity contribution in [1.82, 2.24) is 14.5 Å². The van der Waals surface area contributed by atoms with Gasteiger partial charge in [0.2, 0.25) is 0 Å². The first-order valence-electron chi connectivity index (χ1n) is 9.08. The van der Waals surface area contributed by atoms with Crippen LogP contribution in [0.15, 0.2) is 30.5 Å². The molecule has 24 heavy (non-hydrogen) atoms. The summed E-state index contributed by atoms with van der Waals surface area (Å²) in [5, 5.41) is 10.6. The molecule has 4 heteroatoms. The summed E-state index contributed by atoms with van der Waals surface area (Å²) >= 11 is 0. The minimum atomic E-state index is 0.190. The molecule has 4 nitrogen and oxygen atoms in total. The second-order valence-corrected chi connectivity index (χ2v) is 6.04. The zero-order valence-electron chi connectivity index (χ0n) is 15.3. The second-order valence-electron chi connectivity index (χ2n) is 6.04. The van der Waals surface area contributed by atoms with Crippen molar-refractivity contribution in [1.29, 1.82) is 0 Å². The molecule has 1 unspecified atom stereocenters. The van der Waals surface area contributed by atoms with Gasteiger partial charge < -0.3 is 9.67 Å². The Morgan fingerprint density at radius 1 is 1.17 bits per heavy atom. The summed E-state index contributed by atoms with van der Waals surface area (Å²) < 4.78 is 2.29. The average molecular weight is 327 g/mol. The van der Waals surface area contributed by atoms with E-state index in [0.717, 1.165) is 53.6 Å². The molecule has 1 aromatic carbocycles. The van der Waals surface area contributed by atoms with Crippen molar-refractivity contribution in [2.45, 2.75) is 53.5 Å². The highest BCUT2D eigenvalue weighted by Gasteiger charge is 2.15. The predicted molar refractivity (Wildman–Crippen MR) is 101 cm³/mol. The predicted octanol–water partition coefficient (Wildman–Crippen LogP) is 4.58. The molecular weight excluding hydrogens is 298 g/mol. The summed E-state index contributed by atoms with van der Waals surface area (Å²) in [6.07, 6.45) is 5.12. The quantitative estimate of drug-likeness (QED) is 0.721. The molecule has 3 rings (SSSR count). The van der Waals surface area contributed by atoms with Gasteiger partial charge in [0.15, 0.2) is 0 Å². The number of rotatable bonds is 6. The molecule has 0 fully saturated rings. The Bertz CT molecular complexity index is 779. The van der Waals surface area contributed by atoms with Crippen molar-refractivity contribution in [3.05, 3.63) is 36.3 Å². The van der Waals surface area contributed by atoms with E-state index in [1.807, 2.05) is 38.2 Å². The van der Waals surface area contributed by atoms with E-state index in [1.165, 1.54) is 0 Å². The number of hydrogen-bond donors (Lipinski definition) is 1. The SMILES string of the molecule is CC.CCCCc1nc2cnc3ccccc3c2n1CC(C)CO. The summed E-state index contributed by atoms with van der Waals surface area (Å²) in [4.78, 5) is 9.32. The number of pyridine rings is 1. The van der Waals surface area contributed by atoms with E-state index in [4.69, 9.17) is 4.98 Å². The third kappa shape index (κ3) is 3.75. The lowest BCUT2D eigenvalue weighted by Gasteiger charge is -2.14. The molecule has 2 aromatic heterocycles. The van der Waals surface area contributed by atoms with Gasteiger partial charge in [-0.15, -0.1) is 0 Å². The Morgan fingerprint density at radius 3 is 2.62 bits per heavy atom. The minimum Gasteiger partial charge on any atom is -0.396 e. The Balaban J connectivity index is 0.00000100. The second kappa shape index (κ2) is 8.78. The highest BCUT2D eigenvalue weighted by atomic mass is 16.3. The van der Waals surface area contributed by atoms with Gasteiger partial charge in [-0.2, -0.15) is 0 Å². The first kappa shape index (κ1) is 18.4. The van der Waals surface area contributed by atoms with Gasteiger partial charge in [-0.25, -0.2) is 4.98 Å². The van der Waals surface area contributed by atoms with Crippen LogP contribution in [0, 0.1) is 5.92 Å². The third-order valence-corrected chi connectivity index (χ3v) is 4.12. The number of nitrogens with zero attached hydrogens (tertiary/aromatic N) is 3. The smallest absolute Gasteiger partial charge is 0.109 e. The maximum Gasteiger partial charge on any atom is 0.109 e. The molecule has 0 saturated carbocycles. The monoisotopic (exact) mass is 327 g/mol. The highest BCUT2D eigenvalue weighted by Crippen LogP contribution is 2.26. The fourth-order valence-electron chi connectivity index (χ4n) is 2.90. The minimum absolute atomic E-state index is 0.190. The lowest BCUT2D eigenvalue weighted by Crippen LogP contribution is -2.14. The van der Waals surface area contributed by atoms with Crippen LogP contribution < -0.4 is 0 Å². The van der Waals surface area contributed by atoms with E-state index in [0.29, 0.717) is 0 Å². The standard InChI is InChI=1S/C18H23N3O.C2H6/c1-3-4-9-17-20-16-10-19-15-8-6-5-7-14(15)18(16)21(17)11-13(2)12-22;1-2/h5-8,10,13,22H,3-4,9,11-12H2,1-2H3;1-2H3. The first-order chi connectivity index (χ1) is 11.7. The van der Waals surface area contributed by atoms with Crippen molar-refractivity contribution in [3.63, 3.8) is 0 Å². The number of fused-ring (bicyclic) bond motifs is 3. The summed E-state index contributed by atoms with van der Waals surface area (Å²) in [5.74, 6) is 1.32. The van der Waals surface area contributed by atoms with Gasteiger partial charge in [-0.3, -0.25) is 4.98 Å². The molecular formula is C20H29N3O. The number of aliphatic hydroxyl groups is 1. The summed E-state index contributed by atoms with van der Waals surface area (Å²) in [6, 6.07) is 8.20. The number of para-hydroxylation sites is 1. The Morgan fingerprint density at radius 2 is 1.92 bits per heavy atom. The molecule has 0 saturated heterocycles. The van der Waals surface area contributed by atoms with Crippen LogP contribution in [0.1, 0.15) is 46.4 Å². The number of aliphatic hydroxyl groups excluding tert-OH is 1.